The number of benzene rings is 3. The molecule has 0 aromatic heterocycles. The van der Waals surface area contributed by atoms with Crippen molar-refractivity contribution >= 4 is 27.7 Å². The third-order valence-corrected chi connectivity index (χ3v) is 7.33. The fourth-order valence-electron chi connectivity index (χ4n) is 4.12. The number of nitrogens with one attached hydrogen (secondary N) is 1. The molecule has 3 aromatic rings. The van der Waals surface area contributed by atoms with Crippen LogP contribution in [0.15, 0.2) is 71.2 Å². The third kappa shape index (κ3) is 7.44. The first kappa shape index (κ1) is 27.5. The van der Waals surface area contributed by atoms with Crippen LogP contribution in [0.1, 0.15) is 41.7 Å². The molecule has 1 N–H and O–H groups in total. The van der Waals surface area contributed by atoms with Gasteiger partial charge in [-0.3, -0.25) is 9.59 Å². The number of carbonyl (C=O) groups excluding carboxylic acids is 2. The summed E-state index contributed by atoms with van der Waals surface area (Å²) in [6.45, 7) is 9.99. The van der Waals surface area contributed by atoms with E-state index in [-0.39, 0.29) is 24.5 Å². The first-order valence-corrected chi connectivity index (χ1v) is 13.0. The van der Waals surface area contributed by atoms with Crippen LogP contribution in [-0.2, 0) is 22.6 Å². The van der Waals surface area contributed by atoms with Crippen molar-refractivity contribution in [3.8, 4) is 5.75 Å². The average Bonchev–Trinajstić information content (AvgIpc) is 2.84. The number of rotatable bonds is 10. The number of ether oxygens (including phenoxy) is 1. The molecule has 0 heterocycles. The summed E-state index contributed by atoms with van der Waals surface area (Å²) in [6, 6.07) is 20.8. The number of hydrogen-bond donors (Lipinski definition) is 1. The number of halogens is 1. The van der Waals surface area contributed by atoms with Crippen molar-refractivity contribution in [1.29, 1.82) is 0 Å². The molecule has 0 aliphatic heterocycles. The zero-order valence-corrected chi connectivity index (χ0v) is 23.3. The molecule has 190 valence electrons. The molecule has 0 aliphatic carbocycles. The van der Waals surface area contributed by atoms with E-state index in [2.05, 4.69) is 21.2 Å². The van der Waals surface area contributed by atoms with Crippen LogP contribution in [-0.4, -0.2) is 35.4 Å². The van der Waals surface area contributed by atoms with Crippen LogP contribution in [0, 0.1) is 20.8 Å². The molecule has 0 spiro atoms. The Morgan fingerprint density at radius 1 is 0.917 bits per heavy atom. The minimum atomic E-state index is -0.682. The second-order valence-corrected chi connectivity index (χ2v) is 10.3. The molecule has 1 atom stereocenters. The quantitative estimate of drug-likeness (QED) is 0.341. The Morgan fingerprint density at radius 2 is 1.53 bits per heavy atom. The second kappa shape index (κ2) is 12.7. The summed E-state index contributed by atoms with van der Waals surface area (Å²) < 4.78 is 6.97. The van der Waals surface area contributed by atoms with Crippen molar-refractivity contribution in [2.24, 2.45) is 0 Å². The third-order valence-electron chi connectivity index (χ3n) is 6.08. The smallest absolute Gasteiger partial charge is 0.261 e. The highest BCUT2D eigenvalue weighted by Crippen LogP contribution is 2.26. The summed E-state index contributed by atoms with van der Waals surface area (Å²) in [7, 11) is 0. The Bertz CT molecular complexity index is 1170. The van der Waals surface area contributed by atoms with Crippen molar-refractivity contribution in [1.82, 2.24) is 10.2 Å². The molecule has 0 aliphatic rings. The van der Waals surface area contributed by atoms with Crippen LogP contribution in [0.2, 0.25) is 0 Å². The minimum absolute atomic E-state index is 0.0452. The maximum absolute atomic E-state index is 13.7. The van der Waals surface area contributed by atoms with Crippen LogP contribution < -0.4 is 10.1 Å². The fourth-order valence-corrected chi connectivity index (χ4v) is 4.35. The monoisotopic (exact) mass is 550 g/mol. The number of amides is 2. The van der Waals surface area contributed by atoms with Gasteiger partial charge in [0.15, 0.2) is 6.61 Å². The molecule has 2 amide bonds. The number of carbonyl (C=O) groups is 2. The molecule has 0 bridgehead atoms. The highest BCUT2D eigenvalue weighted by molar-refractivity contribution is 9.10. The molecule has 0 radical (unpaired) electrons. The SMILES string of the molecule is Cc1ccccc1CN(C(=O)COc1cc(C)c(Br)c(C)c1)[C@H](Cc1ccccc1)C(=O)NC(C)C. The zero-order valence-electron chi connectivity index (χ0n) is 21.7. The van der Waals surface area contributed by atoms with Crippen LogP contribution in [0.5, 0.6) is 5.75 Å². The van der Waals surface area contributed by atoms with Gasteiger partial charge in [0.2, 0.25) is 5.91 Å². The molecule has 0 unspecified atom stereocenters. The Hall–Kier alpha value is -3.12. The fraction of sp³-hybridized carbons (Fsp3) is 0.333. The topological polar surface area (TPSA) is 58.6 Å². The number of aryl methyl sites for hydroxylation is 3. The summed E-state index contributed by atoms with van der Waals surface area (Å²) >= 11 is 3.57. The van der Waals surface area contributed by atoms with Gasteiger partial charge >= 0.3 is 0 Å². The standard InChI is InChI=1S/C30H35BrN2O3/c1-20(2)32-30(35)27(17-24-12-7-6-8-13-24)33(18-25-14-10-9-11-21(25)3)28(34)19-36-26-15-22(4)29(31)23(5)16-26/h6-16,20,27H,17-19H2,1-5H3,(H,32,35)/t27-/m1/s1. The van der Waals surface area contributed by atoms with E-state index >= 15 is 0 Å². The number of nitrogens with zero attached hydrogens (tertiary/aromatic N) is 1. The summed E-state index contributed by atoms with van der Waals surface area (Å²) in [5.41, 5.74) is 5.12. The molecule has 3 aromatic carbocycles. The Balaban J connectivity index is 1.93. The first-order chi connectivity index (χ1) is 17.2. The van der Waals surface area contributed by atoms with Crippen LogP contribution in [0.3, 0.4) is 0 Å². The maximum atomic E-state index is 13.7. The van der Waals surface area contributed by atoms with E-state index in [0.29, 0.717) is 18.7 Å². The van der Waals surface area contributed by atoms with E-state index < -0.39 is 6.04 Å². The van der Waals surface area contributed by atoms with E-state index in [1.807, 2.05) is 101 Å². The second-order valence-electron chi connectivity index (χ2n) is 9.48. The van der Waals surface area contributed by atoms with Gasteiger partial charge in [-0.2, -0.15) is 0 Å². The Labute approximate surface area is 223 Å². The lowest BCUT2D eigenvalue weighted by atomic mass is 10.0. The Kier molecular flexibility index (Phi) is 9.71. The predicted molar refractivity (Wildman–Crippen MR) is 148 cm³/mol. The van der Waals surface area contributed by atoms with E-state index in [0.717, 1.165) is 32.3 Å². The average molecular weight is 552 g/mol. The predicted octanol–water partition coefficient (Wildman–Crippen LogP) is 5.92. The van der Waals surface area contributed by atoms with Crippen molar-refractivity contribution in [3.05, 3.63) is 99.0 Å². The first-order valence-electron chi connectivity index (χ1n) is 12.2. The van der Waals surface area contributed by atoms with Gasteiger partial charge in [-0.25, -0.2) is 0 Å². The molecule has 3 rings (SSSR count). The van der Waals surface area contributed by atoms with Gasteiger partial charge in [-0.1, -0.05) is 70.5 Å². The molecule has 6 heteroatoms. The largest absolute Gasteiger partial charge is 0.484 e. The Morgan fingerprint density at radius 3 is 2.14 bits per heavy atom. The molecule has 5 nitrogen and oxygen atoms in total. The van der Waals surface area contributed by atoms with Crippen LogP contribution >= 0.6 is 15.9 Å². The zero-order chi connectivity index (χ0) is 26.2. The van der Waals surface area contributed by atoms with Gasteiger partial charge in [0.25, 0.3) is 5.91 Å². The van der Waals surface area contributed by atoms with Crippen molar-refractivity contribution in [2.45, 2.75) is 59.7 Å². The highest BCUT2D eigenvalue weighted by atomic mass is 79.9. The highest BCUT2D eigenvalue weighted by Gasteiger charge is 2.31. The molecule has 0 saturated heterocycles. The molecular weight excluding hydrogens is 516 g/mol. The van der Waals surface area contributed by atoms with E-state index in [1.54, 1.807) is 4.90 Å². The van der Waals surface area contributed by atoms with Crippen LogP contribution in [0.4, 0.5) is 0 Å². The van der Waals surface area contributed by atoms with Crippen molar-refractivity contribution in [2.75, 3.05) is 6.61 Å². The van der Waals surface area contributed by atoms with Crippen molar-refractivity contribution in [3.63, 3.8) is 0 Å². The van der Waals surface area contributed by atoms with Crippen LogP contribution in [0.25, 0.3) is 0 Å². The summed E-state index contributed by atoms with van der Waals surface area (Å²) in [4.78, 5) is 28.8. The lowest BCUT2D eigenvalue weighted by molar-refractivity contribution is -0.143. The van der Waals surface area contributed by atoms with Gasteiger partial charge in [-0.15, -0.1) is 0 Å². The minimum Gasteiger partial charge on any atom is -0.484 e. The van der Waals surface area contributed by atoms with Crippen molar-refractivity contribution < 1.29 is 14.3 Å². The molecule has 36 heavy (non-hydrogen) atoms. The summed E-state index contributed by atoms with van der Waals surface area (Å²) in [5.74, 6) is 0.214. The van der Waals surface area contributed by atoms with Gasteiger partial charge in [0.05, 0.1) is 0 Å². The van der Waals surface area contributed by atoms with Gasteiger partial charge in [0.1, 0.15) is 11.8 Å². The van der Waals surface area contributed by atoms with Gasteiger partial charge < -0.3 is 15.0 Å². The van der Waals surface area contributed by atoms with Gasteiger partial charge in [0, 0.05) is 23.5 Å². The van der Waals surface area contributed by atoms with E-state index in [9.17, 15) is 9.59 Å². The normalized spacial score (nSPS) is 11.8. The lowest BCUT2D eigenvalue weighted by Crippen LogP contribution is -2.52. The lowest BCUT2D eigenvalue weighted by Gasteiger charge is -2.32. The van der Waals surface area contributed by atoms with E-state index in [1.165, 1.54) is 0 Å². The molecule has 0 fully saturated rings. The molecule has 0 saturated carbocycles. The molecular formula is C30H35BrN2O3. The summed E-state index contributed by atoms with van der Waals surface area (Å²) in [6.07, 6.45) is 0.410. The van der Waals surface area contributed by atoms with Gasteiger partial charge in [-0.05, 0) is 74.6 Å². The van der Waals surface area contributed by atoms with E-state index in [4.69, 9.17) is 4.74 Å². The summed E-state index contributed by atoms with van der Waals surface area (Å²) in [5, 5.41) is 3.01. The number of hydrogen-bond acceptors (Lipinski definition) is 3. The maximum Gasteiger partial charge on any atom is 0.261 e.